The van der Waals surface area contributed by atoms with Crippen molar-refractivity contribution >= 4 is 0 Å². The molecular formula is C14H26. The average molecular weight is 194 g/mol. The van der Waals surface area contributed by atoms with Gasteiger partial charge in [-0.05, 0) is 36.5 Å². The van der Waals surface area contributed by atoms with Crippen LogP contribution in [0.3, 0.4) is 0 Å². The zero-order valence-corrected chi connectivity index (χ0v) is 9.97. The molecule has 3 rings (SSSR count). The van der Waals surface area contributed by atoms with Crippen LogP contribution in [-0.4, -0.2) is 0 Å². The lowest BCUT2D eigenvalue weighted by molar-refractivity contribution is 0.160. The minimum absolute atomic E-state index is 0.927. The van der Waals surface area contributed by atoms with Gasteiger partial charge in [0.1, 0.15) is 0 Å². The Morgan fingerprint density at radius 1 is 0.786 bits per heavy atom. The molecule has 3 saturated carbocycles. The van der Waals surface area contributed by atoms with Crippen molar-refractivity contribution in [2.75, 3.05) is 0 Å². The van der Waals surface area contributed by atoms with E-state index >= 15 is 0 Å². The van der Waals surface area contributed by atoms with Crippen LogP contribution in [0.4, 0.5) is 0 Å². The molecule has 0 saturated heterocycles. The molecule has 2 bridgehead atoms. The monoisotopic (exact) mass is 194 g/mol. The van der Waals surface area contributed by atoms with Crippen molar-refractivity contribution in [3.8, 4) is 0 Å². The lowest BCUT2D eigenvalue weighted by Gasteiger charge is -2.36. The zero-order chi connectivity index (χ0) is 9.97. The SMILES string of the molecule is CC(C)C1CC2CCCC(CCC2)C1. The summed E-state index contributed by atoms with van der Waals surface area (Å²) in [6.07, 6.45) is 12.3. The predicted octanol–water partition coefficient (Wildman–Crippen LogP) is 4.64. The molecule has 82 valence electrons. The first-order valence-corrected chi connectivity index (χ1v) is 6.75. The lowest BCUT2D eigenvalue weighted by atomic mass is 9.70. The predicted molar refractivity (Wildman–Crippen MR) is 62.2 cm³/mol. The summed E-state index contributed by atoms with van der Waals surface area (Å²) in [5.41, 5.74) is 0. The van der Waals surface area contributed by atoms with Crippen molar-refractivity contribution in [3.05, 3.63) is 0 Å². The summed E-state index contributed by atoms with van der Waals surface area (Å²) in [7, 11) is 0. The summed E-state index contributed by atoms with van der Waals surface area (Å²) in [6.45, 7) is 4.87. The van der Waals surface area contributed by atoms with Gasteiger partial charge in [0.25, 0.3) is 0 Å². The summed E-state index contributed by atoms with van der Waals surface area (Å²) >= 11 is 0. The zero-order valence-electron chi connectivity index (χ0n) is 9.97. The molecule has 0 aromatic heterocycles. The second kappa shape index (κ2) is 4.68. The average Bonchev–Trinajstić information content (AvgIpc) is 1.98. The second-order valence-corrected chi connectivity index (χ2v) is 6.07. The van der Waals surface area contributed by atoms with Gasteiger partial charge >= 0.3 is 0 Å². The van der Waals surface area contributed by atoms with Crippen LogP contribution in [0.15, 0.2) is 0 Å². The van der Waals surface area contributed by atoms with Crippen LogP contribution >= 0.6 is 0 Å². The quantitative estimate of drug-likeness (QED) is 0.570. The lowest BCUT2D eigenvalue weighted by Crippen LogP contribution is -2.24. The standard InChI is InChI=1S/C14H26/c1-11(2)14-9-12-5-3-6-13(10-14)8-4-7-12/h11-14H,3-10H2,1-2H3. The molecule has 0 heterocycles. The fraction of sp³-hybridized carbons (Fsp3) is 1.00. The van der Waals surface area contributed by atoms with Crippen LogP contribution in [0.5, 0.6) is 0 Å². The molecule has 0 atom stereocenters. The molecule has 3 fully saturated rings. The summed E-state index contributed by atoms with van der Waals surface area (Å²) < 4.78 is 0. The van der Waals surface area contributed by atoms with Crippen molar-refractivity contribution in [2.45, 2.75) is 65.2 Å². The van der Waals surface area contributed by atoms with E-state index in [2.05, 4.69) is 13.8 Å². The maximum atomic E-state index is 2.43. The van der Waals surface area contributed by atoms with Gasteiger partial charge < -0.3 is 0 Å². The van der Waals surface area contributed by atoms with Gasteiger partial charge in [-0.3, -0.25) is 0 Å². The molecule has 0 N–H and O–H groups in total. The maximum Gasteiger partial charge on any atom is -0.0386 e. The molecule has 0 aliphatic heterocycles. The minimum atomic E-state index is 0.927. The minimum Gasteiger partial charge on any atom is -0.0625 e. The fourth-order valence-corrected chi connectivity index (χ4v) is 3.65. The molecule has 0 aromatic carbocycles. The van der Waals surface area contributed by atoms with Crippen LogP contribution in [0.2, 0.25) is 0 Å². The topological polar surface area (TPSA) is 0 Å². The Bertz CT molecular complexity index is 147. The highest BCUT2D eigenvalue weighted by Gasteiger charge is 2.28. The van der Waals surface area contributed by atoms with Crippen LogP contribution in [0.25, 0.3) is 0 Å². The number of hydrogen-bond donors (Lipinski definition) is 0. The van der Waals surface area contributed by atoms with Crippen LogP contribution in [0.1, 0.15) is 65.2 Å². The molecule has 3 aliphatic carbocycles. The van der Waals surface area contributed by atoms with Gasteiger partial charge in [-0.2, -0.15) is 0 Å². The van der Waals surface area contributed by atoms with E-state index in [1.54, 1.807) is 38.5 Å². The first-order valence-electron chi connectivity index (χ1n) is 6.75. The van der Waals surface area contributed by atoms with Gasteiger partial charge in [0.05, 0.1) is 0 Å². The van der Waals surface area contributed by atoms with Crippen molar-refractivity contribution in [1.29, 1.82) is 0 Å². The Kier molecular flexibility index (Phi) is 3.52. The van der Waals surface area contributed by atoms with Gasteiger partial charge in [0.2, 0.25) is 0 Å². The number of hydrogen-bond acceptors (Lipinski definition) is 0. The summed E-state index contributed by atoms with van der Waals surface area (Å²) in [6, 6.07) is 0. The Balaban J connectivity index is 2.03. The van der Waals surface area contributed by atoms with Crippen molar-refractivity contribution in [2.24, 2.45) is 23.7 Å². The molecule has 14 heavy (non-hydrogen) atoms. The molecule has 0 amide bonds. The maximum absolute atomic E-state index is 2.43. The Labute approximate surface area is 89.5 Å². The highest BCUT2D eigenvalue weighted by atomic mass is 14.3. The summed E-state index contributed by atoms with van der Waals surface area (Å²) in [5, 5.41) is 0. The smallest absolute Gasteiger partial charge is 0.0386 e. The van der Waals surface area contributed by atoms with Gasteiger partial charge in [0.15, 0.2) is 0 Å². The fourth-order valence-electron chi connectivity index (χ4n) is 3.65. The molecule has 3 aliphatic rings. The van der Waals surface area contributed by atoms with Gasteiger partial charge in [-0.25, -0.2) is 0 Å². The highest BCUT2D eigenvalue weighted by Crippen LogP contribution is 2.40. The molecular weight excluding hydrogens is 168 g/mol. The molecule has 0 aromatic rings. The Morgan fingerprint density at radius 2 is 1.21 bits per heavy atom. The molecule has 0 unspecified atom stereocenters. The Morgan fingerprint density at radius 3 is 1.57 bits per heavy atom. The number of fused-ring (bicyclic) bond motifs is 6. The van der Waals surface area contributed by atoms with E-state index in [9.17, 15) is 0 Å². The highest BCUT2D eigenvalue weighted by molar-refractivity contribution is 4.79. The largest absolute Gasteiger partial charge is 0.0625 e. The normalized spacial score (nSPS) is 39.2. The molecule has 0 heteroatoms. The second-order valence-electron chi connectivity index (χ2n) is 6.07. The van der Waals surface area contributed by atoms with Crippen molar-refractivity contribution in [1.82, 2.24) is 0 Å². The van der Waals surface area contributed by atoms with E-state index in [4.69, 9.17) is 0 Å². The van der Waals surface area contributed by atoms with E-state index in [1.807, 2.05) is 0 Å². The number of rotatable bonds is 1. The first kappa shape index (κ1) is 10.5. The van der Waals surface area contributed by atoms with Crippen LogP contribution in [0, 0.1) is 23.7 Å². The summed E-state index contributed by atoms with van der Waals surface area (Å²) in [5.74, 6) is 4.15. The van der Waals surface area contributed by atoms with Gasteiger partial charge in [-0.15, -0.1) is 0 Å². The third-order valence-corrected chi connectivity index (χ3v) is 4.66. The van der Waals surface area contributed by atoms with Crippen molar-refractivity contribution in [3.63, 3.8) is 0 Å². The Hall–Kier alpha value is 0. The first-order chi connectivity index (χ1) is 6.75. The van der Waals surface area contributed by atoms with Gasteiger partial charge in [-0.1, -0.05) is 52.4 Å². The van der Waals surface area contributed by atoms with Crippen molar-refractivity contribution < 1.29 is 0 Å². The van der Waals surface area contributed by atoms with Gasteiger partial charge in [0, 0.05) is 0 Å². The molecule has 0 nitrogen and oxygen atoms in total. The van der Waals surface area contributed by atoms with E-state index in [0.717, 1.165) is 23.7 Å². The van der Waals surface area contributed by atoms with E-state index in [-0.39, 0.29) is 0 Å². The van der Waals surface area contributed by atoms with Crippen LogP contribution in [-0.2, 0) is 0 Å². The van der Waals surface area contributed by atoms with E-state index in [1.165, 1.54) is 12.8 Å². The van der Waals surface area contributed by atoms with E-state index in [0.29, 0.717) is 0 Å². The third kappa shape index (κ3) is 2.52. The van der Waals surface area contributed by atoms with E-state index < -0.39 is 0 Å². The summed E-state index contributed by atoms with van der Waals surface area (Å²) in [4.78, 5) is 0. The third-order valence-electron chi connectivity index (χ3n) is 4.66. The van der Waals surface area contributed by atoms with Crippen LogP contribution < -0.4 is 0 Å². The molecule has 0 spiro atoms. The molecule has 0 radical (unpaired) electrons.